The Morgan fingerprint density at radius 3 is 2.50 bits per heavy atom. The molecular weight excluding hydrogens is 232 g/mol. The molecule has 0 unspecified atom stereocenters. The predicted molar refractivity (Wildman–Crippen MR) is 69.3 cm³/mol. The molecule has 1 rings (SSSR count). The van der Waals surface area contributed by atoms with Crippen LogP contribution in [0.15, 0.2) is 0 Å². The molecule has 5 heteroatoms. The molecule has 1 N–H and O–H groups in total. The summed E-state index contributed by atoms with van der Waals surface area (Å²) in [5.41, 5.74) is 0. The van der Waals surface area contributed by atoms with Crippen molar-refractivity contribution in [3.8, 4) is 0 Å². The molecule has 104 valence electrons. The van der Waals surface area contributed by atoms with Crippen LogP contribution in [0.25, 0.3) is 0 Å². The zero-order chi connectivity index (χ0) is 13.4. The van der Waals surface area contributed by atoms with E-state index in [1.54, 1.807) is 0 Å². The molecule has 0 bridgehead atoms. The molecular formula is C13H24N2O3. The number of hydrogen-bond donors (Lipinski definition) is 1. The van der Waals surface area contributed by atoms with Crippen molar-refractivity contribution in [1.29, 1.82) is 0 Å². The second-order valence-corrected chi connectivity index (χ2v) is 4.78. The van der Waals surface area contributed by atoms with E-state index >= 15 is 0 Å². The Labute approximate surface area is 109 Å². The van der Waals surface area contributed by atoms with Crippen molar-refractivity contribution in [2.24, 2.45) is 0 Å². The van der Waals surface area contributed by atoms with Crippen molar-refractivity contribution < 1.29 is 14.3 Å². The maximum Gasteiger partial charge on any atom is 0.325 e. The maximum absolute atomic E-state index is 12.1. The molecule has 0 aliphatic heterocycles. The number of nitrogens with zero attached hydrogens (tertiary/aromatic N) is 1. The van der Waals surface area contributed by atoms with Gasteiger partial charge in [-0.2, -0.15) is 0 Å². The van der Waals surface area contributed by atoms with Gasteiger partial charge in [0.05, 0.1) is 7.11 Å². The molecule has 1 saturated carbocycles. The van der Waals surface area contributed by atoms with E-state index in [0.717, 1.165) is 19.3 Å². The monoisotopic (exact) mass is 256 g/mol. The van der Waals surface area contributed by atoms with Gasteiger partial charge in [0.15, 0.2) is 0 Å². The summed E-state index contributed by atoms with van der Waals surface area (Å²) in [4.78, 5) is 24.8. The first-order valence-corrected chi connectivity index (χ1v) is 6.79. The van der Waals surface area contributed by atoms with Gasteiger partial charge in [0.25, 0.3) is 0 Å². The third-order valence-corrected chi connectivity index (χ3v) is 3.26. The minimum absolute atomic E-state index is 0.0306. The van der Waals surface area contributed by atoms with E-state index in [0.29, 0.717) is 6.54 Å². The zero-order valence-electron chi connectivity index (χ0n) is 11.4. The van der Waals surface area contributed by atoms with Crippen molar-refractivity contribution >= 4 is 12.0 Å². The number of hydrogen-bond acceptors (Lipinski definition) is 3. The summed E-state index contributed by atoms with van der Waals surface area (Å²) in [6.45, 7) is 2.59. The van der Waals surface area contributed by atoms with Gasteiger partial charge in [-0.1, -0.05) is 26.2 Å². The molecule has 0 radical (unpaired) electrons. The fraction of sp³-hybridized carbons (Fsp3) is 0.846. The van der Waals surface area contributed by atoms with Crippen molar-refractivity contribution in [3.05, 3.63) is 0 Å². The van der Waals surface area contributed by atoms with E-state index in [2.05, 4.69) is 10.1 Å². The van der Waals surface area contributed by atoms with E-state index in [1.165, 1.54) is 31.3 Å². The number of nitrogens with one attached hydrogen (secondary N) is 1. The van der Waals surface area contributed by atoms with Crippen LogP contribution >= 0.6 is 0 Å². The molecule has 2 amide bonds. The van der Waals surface area contributed by atoms with Crippen molar-refractivity contribution in [3.63, 3.8) is 0 Å². The van der Waals surface area contributed by atoms with Gasteiger partial charge in [0.2, 0.25) is 0 Å². The lowest BCUT2D eigenvalue weighted by Crippen LogP contribution is -2.47. The number of amides is 2. The smallest absolute Gasteiger partial charge is 0.325 e. The fourth-order valence-corrected chi connectivity index (χ4v) is 2.26. The summed E-state index contributed by atoms with van der Waals surface area (Å²) in [5, 5.41) is 3.01. The van der Waals surface area contributed by atoms with E-state index < -0.39 is 0 Å². The minimum Gasteiger partial charge on any atom is -0.468 e. The molecule has 1 aliphatic rings. The number of rotatable bonds is 5. The highest BCUT2D eigenvalue weighted by atomic mass is 16.5. The van der Waals surface area contributed by atoms with Gasteiger partial charge >= 0.3 is 12.0 Å². The Balaban J connectivity index is 2.44. The Hall–Kier alpha value is -1.26. The normalized spacial score (nSPS) is 16.1. The number of esters is 1. The quantitative estimate of drug-likeness (QED) is 0.764. The molecule has 0 spiro atoms. The average molecular weight is 256 g/mol. The Bertz CT molecular complexity index is 275. The minimum atomic E-state index is -0.373. The van der Waals surface area contributed by atoms with Gasteiger partial charge in [-0.3, -0.25) is 4.79 Å². The van der Waals surface area contributed by atoms with Crippen LogP contribution in [0, 0.1) is 0 Å². The highest BCUT2D eigenvalue weighted by Crippen LogP contribution is 2.17. The SMILES string of the molecule is CCCN(CC(=O)OC)C(=O)NC1CCCCC1. The summed E-state index contributed by atoms with van der Waals surface area (Å²) in [6, 6.07) is 0.123. The third kappa shape index (κ3) is 4.94. The first-order chi connectivity index (χ1) is 8.67. The molecule has 1 fully saturated rings. The van der Waals surface area contributed by atoms with E-state index in [1.807, 2.05) is 6.92 Å². The van der Waals surface area contributed by atoms with Gasteiger partial charge in [-0.15, -0.1) is 0 Å². The standard InChI is InChI=1S/C13H24N2O3/c1-3-9-15(10-12(16)18-2)13(17)14-11-7-5-4-6-8-11/h11H,3-10H2,1-2H3,(H,14,17). The number of ether oxygens (including phenoxy) is 1. The number of carbonyl (C=O) groups excluding carboxylic acids is 2. The molecule has 1 aliphatic carbocycles. The first kappa shape index (κ1) is 14.8. The second kappa shape index (κ2) is 7.95. The van der Waals surface area contributed by atoms with Crippen LogP contribution in [0.4, 0.5) is 4.79 Å². The average Bonchev–Trinajstić information content (AvgIpc) is 2.39. The highest BCUT2D eigenvalue weighted by Gasteiger charge is 2.21. The van der Waals surface area contributed by atoms with Crippen LogP contribution in [-0.4, -0.2) is 43.1 Å². The van der Waals surface area contributed by atoms with Crippen molar-refractivity contribution in [2.45, 2.75) is 51.5 Å². The van der Waals surface area contributed by atoms with Crippen LogP contribution in [-0.2, 0) is 9.53 Å². The molecule has 0 atom stereocenters. The Morgan fingerprint density at radius 2 is 1.94 bits per heavy atom. The second-order valence-electron chi connectivity index (χ2n) is 4.78. The molecule has 5 nitrogen and oxygen atoms in total. The van der Waals surface area contributed by atoms with Crippen LogP contribution in [0.5, 0.6) is 0 Å². The lowest BCUT2D eigenvalue weighted by Gasteiger charge is -2.27. The van der Waals surface area contributed by atoms with E-state index in [-0.39, 0.29) is 24.6 Å². The van der Waals surface area contributed by atoms with E-state index in [9.17, 15) is 9.59 Å². The largest absolute Gasteiger partial charge is 0.468 e. The van der Waals surface area contributed by atoms with Crippen LogP contribution in [0.3, 0.4) is 0 Å². The van der Waals surface area contributed by atoms with Gasteiger partial charge in [0.1, 0.15) is 6.54 Å². The van der Waals surface area contributed by atoms with Crippen molar-refractivity contribution in [2.75, 3.05) is 20.2 Å². The van der Waals surface area contributed by atoms with Gasteiger partial charge in [-0.05, 0) is 19.3 Å². The maximum atomic E-state index is 12.1. The number of methoxy groups -OCH3 is 1. The molecule has 0 heterocycles. The summed E-state index contributed by atoms with van der Waals surface area (Å²) in [7, 11) is 1.34. The number of carbonyl (C=O) groups is 2. The Kier molecular flexibility index (Phi) is 6.54. The highest BCUT2D eigenvalue weighted by molar-refractivity contribution is 5.81. The van der Waals surface area contributed by atoms with Crippen LogP contribution < -0.4 is 5.32 Å². The fourth-order valence-electron chi connectivity index (χ4n) is 2.26. The summed E-state index contributed by atoms with van der Waals surface area (Å²) in [5.74, 6) is -0.373. The molecule has 0 aromatic rings. The summed E-state index contributed by atoms with van der Waals surface area (Å²) < 4.78 is 4.61. The lowest BCUT2D eigenvalue weighted by molar-refractivity contribution is -0.141. The van der Waals surface area contributed by atoms with Gasteiger partial charge in [0, 0.05) is 12.6 Å². The zero-order valence-corrected chi connectivity index (χ0v) is 11.4. The van der Waals surface area contributed by atoms with Crippen LogP contribution in [0.2, 0.25) is 0 Å². The first-order valence-electron chi connectivity index (χ1n) is 6.79. The number of urea groups is 1. The molecule has 0 aromatic carbocycles. The molecule has 18 heavy (non-hydrogen) atoms. The summed E-state index contributed by atoms with van der Waals surface area (Å²) >= 11 is 0. The molecule has 0 aromatic heterocycles. The topological polar surface area (TPSA) is 58.6 Å². The van der Waals surface area contributed by atoms with Gasteiger partial charge < -0.3 is 15.0 Å². The van der Waals surface area contributed by atoms with Crippen molar-refractivity contribution in [1.82, 2.24) is 10.2 Å². The summed E-state index contributed by atoms with van der Waals surface area (Å²) in [6.07, 6.45) is 6.53. The Morgan fingerprint density at radius 1 is 1.28 bits per heavy atom. The van der Waals surface area contributed by atoms with E-state index in [4.69, 9.17) is 0 Å². The predicted octanol–water partition coefficient (Wildman–Crippen LogP) is 1.91. The third-order valence-electron chi connectivity index (χ3n) is 3.26. The van der Waals surface area contributed by atoms with Crippen LogP contribution in [0.1, 0.15) is 45.4 Å². The molecule has 0 saturated heterocycles. The van der Waals surface area contributed by atoms with Gasteiger partial charge in [-0.25, -0.2) is 4.79 Å². The lowest BCUT2D eigenvalue weighted by atomic mass is 9.96.